The van der Waals surface area contributed by atoms with E-state index in [0.717, 1.165) is 11.4 Å². The van der Waals surface area contributed by atoms with Crippen molar-refractivity contribution >= 4 is 12.6 Å². The first-order valence-electron chi connectivity index (χ1n) is 7.79. The molecular formula is C17H25N2SV-. The monoisotopic (exact) mass is 340 g/mol. The van der Waals surface area contributed by atoms with Gasteiger partial charge in [-0.25, -0.2) is 0 Å². The van der Waals surface area contributed by atoms with Crippen molar-refractivity contribution < 1.29 is 18.6 Å². The molecule has 1 spiro atoms. The summed E-state index contributed by atoms with van der Waals surface area (Å²) in [7, 11) is 0. The number of benzene rings is 1. The van der Waals surface area contributed by atoms with Gasteiger partial charge in [-0.3, -0.25) is 4.90 Å². The molecule has 1 radical (unpaired) electrons. The van der Waals surface area contributed by atoms with Crippen LogP contribution in [0.25, 0.3) is 0 Å². The summed E-state index contributed by atoms with van der Waals surface area (Å²) in [5.41, 5.74) is 1.99. The molecule has 2 nitrogen and oxygen atoms in total. The molecule has 0 unspecified atom stereocenters. The van der Waals surface area contributed by atoms with Crippen LogP contribution in [0.5, 0.6) is 0 Å². The molecule has 2 aliphatic heterocycles. The average Bonchev–Trinajstić information content (AvgIpc) is 2.37. The van der Waals surface area contributed by atoms with Crippen molar-refractivity contribution in [3.63, 3.8) is 0 Å². The molecule has 4 heteroatoms. The van der Waals surface area contributed by atoms with Crippen molar-refractivity contribution in [3.8, 4) is 0 Å². The van der Waals surface area contributed by atoms with E-state index in [1.54, 1.807) is 0 Å². The summed E-state index contributed by atoms with van der Waals surface area (Å²) >= 11 is 5.24. The summed E-state index contributed by atoms with van der Waals surface area (Å²) in [4.78, 5) is 6.16. The molecule has 1 aromatic carbocycles. The van der Waals surface area contributed by atoms with Gasteiger partial charge in [-0.1, -0.05) is 24.3 Å². The van der Waals surface area contributed by atoms with Crippen molar-refractivity contribution in [2.24, 2.45) is 5.41 Å². The van der Waals surface area contributed by atoms with E-state index in [1.165, 1.54) is 44.6 Å². The van der Waals surface area contributed by atoms with E-state index >= 15 is 0 Å². The quantitative estimate of drug-likeness (QED) is 0.782. The fraction of sp³-hybridized carbons (Fsp3) is 0.647. The van der Waals surface area contributed by atoms with Gasteiger partial charge in [0.15, 0.2) is 0 Å². The third-order valence-corrected chi connectivity index (χ3v) is 5.27. The first-order chi connectivity index (χ1) is 9.56. The molecule has 0 aliphatic carbocycles. The Morgan fingerprint density at radius 1 is 1.19 bits per heavy atom. The van der Waals surface area contributed by atoms with Crippen LogP contribution in [-0.4, -0.2) is 42.0 Å². The topological polar surface area (TPSA) is 6.48 Å². The van der Waals surface area contributed by atoms with Crippen LogP contribution in [0.2, 0.25) is 0 Å². The van der Waals surface area contributed by atoms with E-state index in [9.17, 15) is 0 Å². The second kappa shape index (κ2) is 7.01. The fourth-order valence-corrected chi connectivity index (χ4v) is 3.98. The van der Waals surface area contributed by atoms with Gasteiger partial charge in [0.1, 0.15) is 0 Å². The molecule has 2 saturated heterocycles. The Morgan fingerprint density at radius 3 is 2.43 bits per heavy atom. The van der Waals surface area contributed by atoms with Crippen LogP contribution in [0.4, 0.5) is 0 Å². The first kappa shape index (κ1) is 17.3. The number of hydrogen-bond donors (Lipinski definition) is 0. The molecule has 2 aliphatic rings. The molecule has 3 rings (SSSR count). The van der Waals surface area contributed by atoms with Gasteiger partial charge in [0.25, 0.3) is 0 Å². The van der Waals surface area contributed by atoms with Crippen LogP contribution in [-0.2, 0) is 37.7 Å². The van der Waals surface area contributed by atoms with Gasteiger partial charge >= 0.3 is 0 Å². The molecule has 0 N–H and O–H groups in total. The third-order valence-electron chi connectivity index (χ3n) is 5.01. The van der Waals surface area contributed by atoms with Crippen LogP contribution in [0.3, 0.4) is 0 Å². The summed E-state index contributed by atoms with van der Waals surface area (Å²) in [5, 5.41) is 0. The summed E-state index contributed by atoms with van der Waals surface area (Å²) in [6.45, 7) is 10.8. The van der Waals surface area contributed by atoms with Crippen LogP contribution in [0, 0.1) is 5.41 Å². The zero-order valence-electron chi connectivity index (χ0n) is 13.1. The van der Waals surface area contributed by atoms with Gasteiger partial charge in [-0.15, -0.1) is 0 Å². The summed E-state index contributed by atoms with van der Waals surface area (Å²) < 4.78 is 0. The summed E-state index contributed by atoms with van der Waals surface area (Å²) in [6, 6.07) is 9.12. The molecule has 2 fully saturated rings. The van der Waals surface area contributed by atoms with Crippen LogP contribution >= 0.6 is 0 Å². The summed E-state index contributed by atoms with van der Waals surface area (Å²) in [5.74, 6) is 0. The second-order valence-corrected chi connectivity index (χ2v) is 7.39. The second-order valence-electron chi connectivity index (χ2n) is 6.92. The van der Waals surface area contributed by atoms with Crippen LogP contribution in [0.15, 0.2) is 29.2 Å². The Hall–Kier alpha value is -0.0556. The summed E-state index contributed by atoms with van der Waals surface area (Å²) in [6.07, 6.45) is 2.76. The molecule has 0 aromatic heterocycles. The van der Waals surface area contributed by atoms with Crippen LogP contribution < -0.4 is 0 Å². The average molecular weight is 340 g/mol. The molecule has 0 amide bonds. The number of likely N-dealkylation sites (tertiary alicyclic amines) is 2. The van der Waals surface area contributed by atoms with Gasteiger partial charge in [0.05, 0.1) is 0 Å². The van der Waals surface area contributed by atoms with Gasteiger partial charge in [-0.05, 0) is 50.8 Å². The van der Waals surface area contributed by atoms with Crippen LogP contribution in [0.1, 0.15) is 32.3 Å². The Bertz CT molecular complexity index is 462. The zero-order valence-corrected chi connectivity index (χ0v) is 15.3. The molecule has 21 heavy (non-hydrogen) atoms. The number of nitrogens with zero attached hydrogens (tertiary/aromatic N) is 2. The molecule has 1 aromatic rings. The Balaban J connectivity index is 0.00000161. The SMILES string of the molecule is CC(C)N1CCC2(CC1)CN(Cc1cccc([S-])c1)C2.[V]. The Morgan fingerprint density at radius 2 is 1.86 bits per heavy atom. The zero-order chi connectivity index (χ0) is 14.2. The van der Waals surface area contributed by atoms with Crippen molar-refractivity contribution in [3.05, 3.63) is 29.8 Å². The molecule has 0 bridgehead atoms. The molecular weight excluding hydrogens is 315 g/mol. The molecule has 0 saturated carbocycles. The van der Waals surface area contributed by atoms with Gasteiger partial charge in [0.2, 0.25) is 0 Å². The van der Waals surface area contributed by atoms with E-state index < -0.39 is 0 Å². The van der Waals surface area contributed by atoms with Crippen molar-refractivity contribution in [1.82, 2.24) is 9.80 Å². The smallest absolute Gasteiger partial charge is 0.0233 e. The molecule has 0 atom stereocenters. The maximum Gasteiger partial charge on any atom is 0.0233 e. The van der Waals surface area contributed by atoms with Gasteiger partial charge in [0, 0.05) is 44.2 Å². The van der Waals surface area contributed by atoms with Gasteiger partial charge < -0.3 is 17.5 Å². The predicted octanol–water partition coefficient (Wildman–Crippen LogP) is 2.90. The minimum absolute atomic E-state index is 0. The van der Waals surface area contributed by atoms with Gasteiger partial charge in [-0.2, -0.15) is 4.90 Å². The standard InChI is InChI=1S/C17H26N2S.V/c1-14(2)19-8-6-17(7-9-19)12-18(13-17)11-15-4-3-5-16(20)10-15;/h3-5,10,14,20H,6-9,11-13H2,1-2H3;/p-1. The van der Waals surface area contributed by atoms with E-state index in [2.05, 4.69) is 41.8 Å². The maximum atomic E-state index is 5.24. The number of rotatable bonds is 3. The Kier molecular flexibility index (Phi) is 5.78. The minimum atomic E-state index is 0. The third kappa shape index (κ3) is 4.03. The fourth-order valence-electron chi connectivity index (χ4n) is 3.75. The maximum absolute atomic E-state index is 5.24. The van der Waals surface area contributed by atoms with E-state index in [4.69, 9.17) is 12.6 Å². The van der Waals surface area contributed by atoms with Crippen molar-refractivity contribution in [2.75, 3.05) is 26.2 Å². The normalized spacial score (nSPS) is 22.0. The molecule has 2 heterocycles. The first-order valence-corrected chi connectivity index (χ1v) is 8.20. The van der Waals surface area contributed by atoms with Crippen molar-refractivity contribution in [1.29, 1.82) is 0 Å². The van der Waals surface area contributed by atoms with E-state index in [-0.39, 0.29) is 18.6 Å². The van der Waals surface area contributed by atoms with E-state index in [1.807, 2.05) is 6.07 Å². The largest absolute Gasteiger partial charge is 0.780 e. The number of piperidine rings is 1. The minimum Gasteiger partial charge on any atom is -0.780 e. The number of hydrogen-bond acceptors (Lipinski definition) is 3. The van der Waals surface area contributed by atoms with E-state index in [0.29, 0.717) is 11.5 Å². The van der Waals surface area contributed by atoms with Crippen molar-refractivity contribution in [2.45, 2.75) is 44.2 Å². The Labute approximate surface area is 146 Å². The predicted molar refractivity (Wildman–Crippen MR) is 85.7 cm³/mol. The molecule has 115 valence electrons.